The summed E-state index contributed by atoms with van der Waals surface area (Å²) in [5.41, 5.74) is 0. The van der Waals surface area contributed by atoms with Crippen LogP contribution in [0.3, 0.4) is 0 Å². The Bertz CT molecular complexity index is 297. The Morgan fingerprint density at radius 3 is 2.84 bits per heavy atom. The van der Waals surface area contributed by atoms with Crippen LogP contribution < -0.4 is 10.6 Å². The van der Waals surface area contributed by atoms with Crippen molar-refractivity contribution in [3.05, 3.63) is 0 Å². The Hall–Kier alpha value is -0.560. The molecule has 0 aromatic rings. The molecule has 0 aliphatic carbocycles. The topological polar surface area (TPSA) is 78.4 Å². The zero-order valence-electron chi connectivity index (χ0n) is 11.2. The van der Waals surface area contributed by atoms with Gasteiger partial charge in [-0.1, -0.05) is 6.42 Å². The molecule has 1 aliphatic rings. The summed E-state index contributed by atoms with van der Waals surface area (Å²) in [5.74, 6) is 0.894. The van der Waals surface area contributed by atoms with Crippen LogP contribution in [0.25, 0.3) is 0 Å². The van der Waals surface area contributed by atoms with E-state index in [0.717, 1.165) is 17.9 Å². The summed E-state index contributed by atoms with van der Waals surface area (Å²) >= 11 is 3.45. The molecule has 0 saturated carbocycles. The van der Waals surface area contributed by atoms with Crippen LogP contribution in [0.15, 0.2) is 0 Å². The molecule has 1 aliphatic heterocycles. The first kappa shape index (κ1) is 16.5. The number of rotatable bonds is 7. The van der Waals surface area contributed by atoms with Gasteiger partial charge in [0.1, 0.15) is 6.04 Å². The number of carbonyl (C=O) groups is 2. The van der Waals surface area contributed by atoms with Crippen LogP contribution in [0, 0.1) is 0 Å². The van der Waals surface area contributed by atoms with Crippen molar-refractivity contribution in [2.45, 2.75) is 37.0 Å². The Morgan fingerprint density at radius 2 is 2.26 bits per heavy atom. The molecule has 0 aromatic heterocycles. The zero-order chi connectivity index (χ0) is 14.1. The fourth-order valence-electron chi connectivity index (χ4n) is 1.88. The van der Waals surface area contributed by atoms with Gasteiger partial charge >= 0.3 is 12.0 Å². The van der Waals surface area contributed by atoms with E-state index in [1.807, 2.05) is 18.0 Å². The number of carboxylic acid groups (broad SMARTS) is 1. The first-order chi connectivity index (χ1) is 9.13. The number of amides is 2. The molecule has 5 nitrogen and oxygen atoms in total. The average Bonchev–Trinajstić information content (AvgIpc) is 2.42. The maximum Gasteiger partial charge on any atom is 0.326 e. The summed E-state index contributed by atoms with van der Waals surface area (Å²) in [5, 5.41) is 14.8. The van der Waals surface area contributed by atoms with Crippen molar-refractivity contribution < 1.29 is 14.7 Å². The molecule has 19 heavy (non-hydrogen) atoms. The van der Waals surface area contributed by atoms with Gasteiger partial charge in [0.05, 0.1) is 0 Å². The standard InChI is InChI=1S/C12H22N2O3S2/c1-18-7-5-10(11(15)16)14-12(17)13-8-9-4-2-3-6-19-9/h9-10H,2-8H2,1H3,(H,15,16)(H2,13,14,17)/t9?,10-/m1/s1. The number of nitrogens with one attached hydrogen (secondary N) is 2. The molecule has 0 aromatic carbocycles. The van der Waals surface area contributed by atoms with Crippen molar-refractivity contribution in [3.8, 4) is 0 Å². The number of carboxylic acids is 1. The summed E-state index contributed by atoms with van der Waals surface area (Å²) in [6.07, 6.45) is 5.96. The molecule has 2 atom stereocenters. The van der Waals surface area contributed by atoms with E-state index in [1.165, 1.54) is 12.8 Å². The lowest BCUT2D eigenvalue weighted by Gasteiger charge is -2.22. The molecule has 7 heteroatoms. The van der Waals surface area contributed by atoms with Gasteiger partial charge in [-0.25, -0.2) is 9.59 Å². The molecule has 0 radical (unpaired) electrons. The SMILES string of the molecule is CSCC[C@@H](NC(=O)NCC1CCCCS1)C(=O)O. The average molecular weight is 306 g/mol. The first-order valence-electron chi connectivity index (χ1n) is 6.51. The monoisotopic (exact) mass is 306 g/mol. The van der Waals surface area contributed by atoms with Crippen molar-refractivity contribution in [3.63, 3.8) is 0 Å². The molecule has 1 unspecified atom stereocenters. The van der Waals surface area contributed by atoms with Crippen molar-refractivity contribution in [2.75, 3.05) is 24.3 Å². The summed E-state index contributed by atoms with van der Waals surface area (Å²) < 4.78 is 0. The number of thioether (sulfide) groups is 2. The second-order valence-electron chi connectivity index (χ2n) is 4.52. The van der Waals surface area contributed by atoms with Crippen LogP contribution in [0.4, 0.5) is 4.79 Å². The van der Waals surface area contributed by atoms with Gasteiger partial charge < -0.3 is 15.7 Å². The molecule has 0 spiro atoms. The number of carbonyl (C=O) groups excluding carboxylic acids is 1. The minimum atomic E-state index is -0.976. The third kappa shape index (κ3) is 6.96. The second-order valence-corrected chi connectivity index (χ2v) is 6.91. The molecule has 110 valence electrons. The predicted molar refractivity (Wildman–Crippen MR) is 81.1 cm³/mol. The van der Waals surface area contributed by atoms with Gasteiger partial charge in [0, 0.05) is 11.8 Å². The largest absolute Gasteiger partial charge is 0.480 e. The predicted octanol–water partition coefficient (Wildman–Crippen LogP) is 1.78. The van der Waals surface area contributed by atoms with Crippen molar-refractivity contribution in [2.24, 2.45) is 0 Å². The molecule has 0 bridgehead atoms. The van der Waals surface area contributed by atoms with Gasteiger partial charge in [-0.15, -0.1) is 0 Å². The van der Waals surface area contributed by atoms with Gasteiger partial charge in [-0.05, 0) is 37.0 Å². The van der Waals surface area contributed by atoms with Gasteiger partial charge in [-0.2, -0.15) is 23.5 Å². The molecule has 1 saturated heterocycles. The van der Waals surface area contributed by atoms with Gasteiger partial charge in [0.25, 0.3) is 0 Å². The maximum absolute atomic E-state index is 11.7. The lowest BCUT2D eigenvalue weighted by molar-refractivity contribution is -0.139. The van der Waals surface area contributed by atoms with Crippen molar-refractivity contribution in [1.82, 2.24) is 10.6 Å². The van der Waals surface area contributed by atoms with E-state index in [9.17, 15) is 9.59 Å². The van der Waals surface area contributed by atoms with Crippen LogP contribution in [-0.2, 0) is 4.79 Å². The van der Waals surface area contributed by atoms with E-state index >= 15 is 0 Å². The lowest BCUT2D eigenvalue weighted by atomic mass is 10.2. The van der Waals surface area contributed by atoms with Crippen LogP contribution in [0.5, 0.6) is 0 Å². The molecular formula is C12H22N2O3S2. The van der Waals surface area contributed by atoms with Gasteiger partial charge in [0.15, 0.2) is 0 Å². The maximum atomic E-state index is 11.7. The van der Waals surface area contributed by atoms with E-state index in [2.05, 4.69) is 10.6 Å². The first-order valence-corrected chi connectivity index (χ1v) is 8.95. The third-order valence-electron chi connectivity index (χ3n) is 2.98. The summed E-state index contributed by atoms with van der Waals surface area (Å²) in [6, 6.07) is -1.17. The Labute approximate surface area is 122 Å². The van der Waals surface area contributed by atoms with Crippen LogP contribution >= 0.6 is 23.5 Å². The highest BCUT2D eigenvalue weighted by Crippen LogP contribution is 2.24. The van der Waals surface area contributed by atoms with Gasteiger partial charge in [0.2, 0.25) is 0 Å². The van der Waals surface area contributed by atoms with E-state index in [1.54, 1.807) is 11.8 Å². The minimum Gasteiger partial charge on any atom is -0.480 e. The molecule has 1 fully saturated rings. The molecule has 1 rings (SSSR count). The highest BCUT2D eigenvalue weighted by Gasteiger charge is 2.20. The lowest BCUT2D eigenvalue weighted by Crippen LogP contribution is -2.47. The highest BCUT2D eigenvalue weighted by atomic mass is 32.2. The number of hydrogen-bond donors (Lipinski definition) is 3. The molecule has 3 N–H and O–H groups in total. The molecular weight excluding hydrogens is 284 g/mol. The number of aliphatic carboxylic acids is 1. The molecule has 2 amide bonds. The Morgan fingerprint density at radius 1 is 1.47 bits per heavy atom. The van der Waals surface area contributed by atoms with Gasteiger partial charge in [-0.3, -0.25) is 0 Å². The highest BCUT2D eigenvalue weighted by molar-refractivity contribution is 8.00. The van der Waals surface area contributed by atoms with E-state index in [4.69, 9.17) is 5.11 Å². The van der Waals surface area contributed by atoms with Crippen LogP contribution in [0.1, 0.15) is 25.7 Å². The third-order valence-corrected chi connectivity index (χ3v) is 5.02. The fraction of sp³-hybridized carbons (Fsp3) is 0.833. The minimum absolute atomic E-state index is 0.375. The summed E-state index contributed by atoms with van der Waals surface area (Å²) in [6.45, 7) is 0.616. The number of urea groups is 1. The van der Waals surface area contributed by atoms with Crippen LogP contribution in [0.2, 0.25) is 0 Å². The second kappa shape index (κ2) is 9.36. The van der Waals surface area contributed by atoms with Crippen molar-refractivity contribution >= 4 is 35.5 Å². The number of hydrogen-bond acceptors (Lipinski definition) is 4. The van der Waals surface area contributed by atoms with E-state index in [0.29, 0.717) is 18.2 Å². The van der Waals surface area contributed by atoms with E-state index in [-0.39, 0.29) is 6.03 Å². The summed E-state index contributed by atoms with van der Waals surface area (Å²) in [7, 11) is 0. The quantitative estimate of drug-likeness (QED) is 0.668. The normalized spacial score (nSPS) is 20.6. The summed E-state index contributed by atoms with van der Waals surface area (Å²) in [4.78, 5) is 22.7. The Balaban J connectivity index is 2.25. The Kier molecular flexibility index (Phi) is 8.13. The molecule has 1 heterocycles. The van der Waals surface area contributed by atoms with E-state index < -0.39 is 12.0 Å². The van der Waals surface area contributed by atoms with Crippen molar-refractivity contribution in [1.29, 1.82) is 0 Å². The fourth-order valence-corrected chi connectivity index (χ4v) is 3.59. The zero-order valence-corrected chi connectivity index (χ0v) is 12.8. The van der Waals surface area contributed by atoms with Crippen LogP contribution in [-0.4, -0.2) is 52.7 Å². The smallest absolute Gasteiger partial charge is 0.326 e.